The van der Waals surface area contributed by atoms with Gasteiger partial charge in [-0.05, 0) is 70.4 Å². The lowest BCUT2D eigenvalue weighted by Gasteiger charge is -2.12. The summed E-state index contributed by atoms with van der Waals surface area (Å²) in [6.45, 7) is 0. The van der Waals surface area contributed by atoms with Gasteiger partial charge in [0.15, 0.2) is 17.5 Å². The summed E-state index contributed by atoms with van der Waals surface area (Å²) < 4.78 is 4.84. The minimum Gasteiger partial charge on any atom is -0.309 e. The highest BCUT2D eigenvalue weighted by Gasteiger charge is 2.21. The van der Waals surface area contributed by atoms with Gasteiger partial charge in [-0.25, -0.2) is 15.0 Å². The molecule has 0 radical (unpaired) electrons. The smallest absolute Gasteiger partial charge is 0.164 e. The first-order chi connectivity index (χ1) is 29.7. The van der Waals surface area contributed by atoms with E-state index in [-0.39, 0.29) is 0 Å². The van der Waals surface area contributed by atoms with Crippen molar-refractivity contribution in [3.05, 3.63) is 212 Å². The second-order valence-corrected chi connectivity index (χ2v) is 15.3. The Hall–Kier alpha value is -8.15. The molecule has 0 aliphatic heterocycles. The number of nitrogens with zero attached hydrogens (tertiary/aromatic N) is 5. The van der Waals surface area contributed by atoms with Crippen LogP contribution < -0.4 is 0 Å². The minimum atomic E-state index is 0.631. The molecule has 0 bridgehead atoms. The van der Waals surface area contributed by atoms with Gasteiger partial charge in [-0.2, -0.15) is 0 Å². The quantitative estimate of drug-likeness (QED) is 0.169. The summed E-state index contributed by atoms with van der Waals surface area (Å²) in [5, 5.41) is 7.19. The number of benzene rings is 9. The summed E-state index contributed by atoms with van der Waals surface area (Å²) in [6, 6.07) is 75.1. The van der Waals surface area contributed by atoms with E-state index in [1.807, 2.05) is 36.4 Å². The summed E-state index contributed by atoms with van der Waals surface area (Å²) in [5.74, 6) is 1.91. The van der Waals surface area contributed by atoms with Gasteiger partial charge < -0.3 is 9.13 Å². The van der Waals surface area contributed by atoms with Crippen molar-refractivity contribution in [1.82, 2.24) is 24.1 Å². The van der Waals surface area contributed by atoms with Gasteiger partial charge in [0.1, 0.15) is 0 Å². The first-order valence-electron chi connectivity index (χ1n) is 20.3. The molecule has 12 aromatic rings. The van der Waals surface area contributed by atoms with E-state index < -0.39 is 0 Å². The highest BCUT2D eigenvalue weighted by Crippen LogP contribution is 2.42. The Morgan fingerprint density at radius 3 is 1.52 bits per heavy atom. The largest absolute Gasteiger partial charge is 0.309 e. The van der Waals surface area contributed by atoms with Crippen molar-refractivity contribution in [2.24, 2.45) is 0 Å². The molecule has 0 atom stereocenters. The summed E-state index contributed by atoms with van der Waals surface area (Å²) >= 11 is 0. The van der Waals surface area contributed by atoms with E-state index in [0.29, 0.717) is 17.5 Å². The molecular weight excluding hydrogens is 731 g/mol. The normalized spacial score (nSPS) is 11.7. The van der Waals surface area contributed by atoms with Gasteiger partial charge in [-0.15, -0.1) is 0 Å². The Labute approximate surface area is 346 Å². The fourth-order valence-electron chi connectivity index (χ4n) is 8.94. The third-order valence-corrected chi connectivity index (χ3v) is 11.7. The summed E-state index contributed by atoms with van der Waals surface area (Å²) in [6.07, 6.45) is 0. The molecule has 3 heterocycles. The van der Waals surface area contributed by atoms with Gasteiger partial charge >= 0.3 is 0 Å². The Bertz CT molecular complexity index is 3570. The molecule has 0 fully saturated rings. The fraction of sp³-hybridized carbons (Fsp3) is 0. The maximum atomic E-state index is 5.11. The van der Waals surface area contributed by atoms with Gasteiger partial charge in [0, 0.05) is 49.6 Å². The first kappa shape index (κ1) is 33.9. The van der Waals surface area contributed by atoms with Crippen LogP contribution in [0.2, 0.25) is 0 Å². The average molecular weight is 766 g/mol. The Kier molecular flexibility index (Phi) is 7.78. The van der Waals surface area contributed by atoms with E-state index in [9.17, 15) is 0 Å². The van der Waals surface area contributed by atoms with Crippen LogP contribution in [0.3, 0.4) is 0 Å². The molecule has 0 aliphatic carbocycles. The van der Waals surface area contributed by atoms with Crippen LogP contribution in [0.5, 0.6) is 0 Å². The van der Waals surface area contributed by atoms with Crippen LogP contribution in [0.1, 0.15) is 0 Å². The number of fused-ring (bicyclic) bond motifs is 8. The van der Waals surface area contributed by atoms with E-state index in [0.717, 1.165) is 55.4 Å². The molecule has 0 unspecified atom stereocenters. The number of aromatic nitrogens is 5. The summed E-state index contributed by atoms with van der Waals surface area (Å²) in [7, 11) is 0. The topological polar surface area (TPSA) is 48.5 Å². The number of para-hydroxylation sites is 3. The predicted octanol–water partition coefficient (Wildman–Crippen LogP) is 13.9. The third kappa shape index (κ3) is 5.52. The number of hydrogen-bond acceptors (Lipinski definition) is 3. The third-order valence-electron chi connectivity index (χ3n) is 11.7. The Morgan fingerprint density at radius 1 is 0.283 bits per heavy atom. The molecule has 0 saturated carbocycles. The molecule has 3 aromatic heterocycles. The van der Waals surface area contributed by atoms with Crippen molar-refractivity contribution in [3.8, 4) is 56.7 Å². The summed E-state index contributed by atoms with van der Waals surface area (Å²) in [4.78, 5) is 15.2. The second kappa shape index (κ2) is 13.8. The molecule has 5 heteroatoms. The van der Waals surface area contributed by atoms with E-state index >= 15 is 0 Å². The fourth-order valence-corrected chi connectivity index (χ4v) is 8.94. The van der Waals surface area contributed by atoms with Crippen LogP contribution in [0.4, 0.5) is 0 Å². The summed E-state index contributed by atoms with van der Waals surface area (Å²) in [5.41, 5.74) is 12.1. The van der Waals surface area contributed by atoms with Gasteiger partial charge in [-0.1, -0.05) is 164 Å². The van der Waals surface area contributed by atoms with Crippen LogP contribution in [0.25, 0.3) is 111 Å². The predicted molar refractivity (Wildman–Crippen MR) is 248 cm³/mol. The number of hydrogen-bond donors (Lipinski definition) is 0. The molecule has 0 spiro atoms. The van der Waals surface area contributed by atoms with Crippen LogP contribution in [0, 0.1) is 0 Å². The van der Waals surface area contributed by atoms with Crippen LogP contribution in [-0.2, 0) is 0 Å². The second-order valence-electron chi connectivity index (χ2n) is 15.3. The molecule has 9 aromatic carbocycles. The Balaban J connectivity index is 1.03. The minimum absolute atomic E-state index is 0.631. The molecule has 12 rings (SSSR count). The SMILES string of the molecule is c1ccc(-c2ccc(-c3nc(-c4ccccc4)nc(-c4ccc5ccc(-n6c7ccccc7c7c6ccc6c8ccccc8n(-c8ccccc8)c67)cc5c4)n3)cc2)cc1. The zero-order valence-electron chi connectivity index (χ0n) is 32.4. The first-order valence-corrected chi connectivity index (χ1v) is 20.3. The van der Waals surface area contributed by atoms with Crippen molar-refractivity contribution in [2.45, 2.75) is 0 Å². The highest BCUT2D eigenvalue weighted by atomic mass is 15.0. The lowest BCUT2D eigenvalue weighted by atomic mass is 10.0. The van der Waals surface area contributed by atoms with E-state index in [1.54, 1.807) is 0 Å². The van der Waals surface area contributed by atoms with Crippen molar-refractivity contribution in [1.29, 1.82) is 0 Å². The van der Waals surface area contributed by atoms with Gasteiger partial charge in [-0.3, -0.25) is 0 Å². The molecular formula is C55H35N5. The van der Waals surface area contributed by atoms with Crippen molar-refractivity contribution >= 4 is 54.4 Å². The van der Waals surface area contributed by atoms with E-state index in [1.165, 1.54) is 38.1 Å². The van der Waals surface area contributed by atoms with Crippen molar-refractivity contribution in [2.75, 3.05) is 0 Å². The molecule has 60 heavy (non-hydrogen) atoms. The highest BCUT2D eigenvalue weighted by molar-refractivity contribution is 6.26. The molecule has 0 amide bonds. The molecule has 280 valence electrons. The van der Waals surface area contributed by atoms with E-state index in [4.69, 9.17) is 15.0 Å². The zero-order valence-corrected chi connectivity index (χ0v) is 32.4. The maximum absolute atomic E-state index is 5.11. The molecule has 5 nitrogen and oxygen atoms in total. The van der Waals surface area contributed by atoms with Gasteiger partial charge in [0.25, 0.3) is 0 Å². The van der Waals surface area contributed by atoms with Crippen molar-refractivity contribution < 1.29 is 0 Å². The van der Waals surface area contributed by atoms with Crippen LogP contribution in [-0.4, -0.2) is 24.1 Å². The van der Waals surface area contributed by atoms with Crippen molar-refractivity contribution in [3.63, 3.8) is 0 Å². The monoisotopic (exact) mass is 765 g/mol. The van der Waals surface area contributed by atoms with E-state index in [2.05, 4.69) is 185 Å². The Morgan fingerprint density at radius 2 is 0.800 bits per heavy atom. The van der Waals surface area contributed by atoms with Crippen LogP contribution in [0.15, 0.2) is 212 Å². The molecule has 0 saturated heterocycles. The van der Waals surface area contributed by atoms with Gasteiger partial charge in [0.2, 0.25) is 0 Å². The average Bonchev–Trinajstić information content (AvgIpc) is 3.85. The number of rotatable bonds is 6. The standard InChI is InChI=1S/C55H35N5/c1-4-14-36(15-5-1)37-24-27-40(28-25-37)54-56-53(39-16-6-2-7-17-39)57-55(58-54)41-29-26-38-30-31-44(35-42(38)34-41)59-49-23-13-11-21-47(49)51-50(59)33-32-46-45-20-10-12-22-48(45)60(52(46)51)43-18-8-3-9-19-43/h1-35H. The lowest BCUT2D eigenvalue weighted by molar-refractivity contribution is 1.07. The molecule has 0 N–H and O–H groups in total. The van der Waals surface area contributed by atoms with Crippen LogP contribution >= 0.6 is 0 Å². The maximum Gasteiger partial charge on any atom is 0.164 e. The molecule has 0 aliphatic rings. The zero-order chi connectivity index (χ0) is 39.6. The van der Waals surface area contributed by atoms with Gasteiger partial charge in [0.05, 0.1) is 22.1 Å². The lowest BCUT2D eigenvalue weighted by Crippen LogP contribution is -2.00.